The molecule has 3 heteroatoms. The maximum Gasteiger partial charge on any atom is 0.328 e. The van der Waals surface area contributed by atoms with Crippen LogP contribution in [0, 0.1) is 0 Å². The summed E-state index contributed by atoms with van der Waals surface area (Å²) in [6, 6.07) is 9.89. The Hall–Kier alpha value is -1.90. The number of carbonyl (C=O) groups excluding carboxylic acids is 1. The van der Waals surface area contributed by atoms with E-state index in [1.54, 1.807) is 0 Å². The molecule has 1 N–H and O–H groups in total. The third-order valence-electron chi connectivity index (χ3n) is 2.14. The van der Waals surface area contributed by atoms with Crippen LogP contribution in [0.3, 0.4) is 0 Å². The number of carboxylic acids is 1. The zero-order valence-electron chi connectivity index (χ0n) is 8.93. The number of aliphatic carboxylic acids is 1. The number of hydrogen-bond acceptors (Lipinski definition) is 2. The first-order valence-electron chi connectivity index (χ1n) is 5.16. The Bertz CT molecular complexity index is 379. The van der Waals surface area contributed by atoms with Crippen molar-refractivity contribution < 1.29 is 14.7 Å². The molecule has 1 aromatic carbocycles. The molecule has 0 aliphatic heterocycles. The summed E-state index contributed by atoms with van der Waals surface area (Å²) < 4.78 is 0. The number of carboxylic acid groups (broad SMARTS) is 1. The third kappa shape index (κ3) is 5.10. The molecule has 0 saturated heterocycles. The van der Waals surface area contributed by atoms with Crippen molar-refractivity contribution in [3.8, 4) is 0 Å². The van der Waals surface area contributed by atoms with Gasteiger partial charge in [0.1, 0.15) is 0 Å². The van der Waals surface area contributed by atoms with Gasteiger partial charge in [-0.05, 0) is 24.5 Å². The van der Waals surface area contributed by atoms with E-state index < -0.39 is 5.97 Å². The molecule has 0 aromatic heterocycles. The van der Waals surface area contributed by atoms with Gasteiger partial charge >= 0.3 is 5.97 Å². The van der Waals surface area contributed by atoms with Crippen LogP contribution in [0.15, 0.2) is 42.5 Å². The largest absolute Gasteiger partial charge is 0.478 e. The van der Waals surface area contributed by atoms with E-state index in [1.165, 1.54) is 5.56 Å². The summed E-state index contributed by atoms with van der Waals surface area (Å²) in [6.07, 6.45) is 3.97. The smallest absolute Gasteiger partial charge is 0.328 e. The van der Waals surface area contributed by atoms with Gasteiger partial charge in [0.2, 0.25) is 0 Å². The molecule has 0 heterocycles. The van der Waals surface area contributed by atoms with Crippen LogP contribution in [0.2, 0.25) is 0 Å². The molecule has 0 unspecified atom stereocenters. The van der Waals surface area contributed by atoms with E-state index >= 15 is 0 Å². The van der Waals surface area contributed by atoms with Crippen molar-refractivity contribution in [2.75, 3.05) is 0 Å². The van der Waals surface area contributed by atoms with Crippen LogP contribution in [0.25, 0.3) is 0 Å². The van der Waals surface area contributed by atoms with Crippen molar-refractivity contribution in [2.45, 2.75) is 19.3 Å². The normalized spacial score (nSPS) is 10.5. The number of benzene rings is 1. The van der Waals surface area contributed by atoms with Crippen LogP contribution in [-0.2, 0) is 16.0 Å². The SMILES string of the molecule is O=C(O)/C=C/C(=O)CCCc1ccccc1. The molecule has 0 amide bonds. The maximum absolute atomic E-state index is 11.2. The van der Waals surface area contributed by atoms with Gasteiger partial charge in [-0.3, -0.25) is 4.79 Å². The molecule has 0 saturated carbocycles. The van der Waals surface area contributed by atoms with Crippen LogP contribution in [-0.4, -0.2) is 16.9 Å². The first kappa shape index (κ1) is 12.2. The van der Waals surface area contributed by atoms with Crippen molar-refractivity contribution in [2.24, 2.45) is 0 Å². The number of hydrogen-bond donors (Lipinski definition) is 1. The second-order valence-corrected chi connectivity index (χ2v) is 3.48. The Labute approximate surface area is 94.4 Å². The van der Waals surface area contributed by atoms with Crippen LogP contribution in [0.5, 0.6) is 0 Å². The summed E-state index contributed by atoms with van der Waals surface area (Å²) >= 11 is 0. The fraction of sp³-hybridized carbons (Fsp3) is 0.231. The topological polar surface area (TPSA) is 54.4 Å². The fourth-order valence-electron chi connectivity index (χ4n) is 1.36. The van der Waals surface area contributed by atoms with Crippen molar-refractivity contribution in [3.05, 3.63) is 48.0 Å². The highest BCUT2D eigenvalue weighted by molar-refractivity contribution is 5.95. The molecular formula is C13H14O3. The van der Waals surface area contributed by atoms with Crippen molar-refractivity contribution in [1.82, 2.24) is 0 Å². The van der Waals surface area contributed by atoms with E-state index in [-0.39, 0.29) is 5.78 Å². The summed E-state index contributed by atoms with van der Waals surface area (Å²) in [7, 11) is 0. The quantitative estimate of drug-likeness (QED) is 0.745. The molecule has 0 radical (unpaired) electrons. The van der Waals surface area contributed by atoms with Crippen molar-refractivity contribution in [3.63, 3.8) is 0 Å². The van der Waals surface area contributed by atoms with Gasteiger partial charge in [-0.1, -0.05) is 30.3 Å². The molecule has 1 rings (SSSR count). The predicted octanol–water partition coefficient (Wildman–Crippen LogP) is 2.22. The van der Waals surface area contributed by atoms with E-state index in [1.807, 2.05) is 30.3 Å². The lowest BCUT2D eigenvalue weighted by Crippen LogP contribution is -1.96. The molecule has 0 aliphatic rings. The van der Waals surface area contributed by atoms with Gasteiger partial charge in [0, 0.05) is 12.5 Å². The van der Waals surface area contributed by atoms with Crippen molar-refractivity contribution in [1.29, 1.82) is 0 Å². The predicted molar refractivity (Wildman–Crippen MR) is 61.2 cm³/mol. The summed E-state index contributed by atoms with van der Waals surface area (Å²) in [5.41, 5.74) is 1.19. The molecule has 3 nitrogen and oxygen atoms in total. The Morgan fingerprint density at radius 2 is 1.81 bits per heavy atom. The van der Waals surface area contributed by atoms with Crippen LogP contribution in [0.4, 0.5) is 0 Å². The Morgan fingerprint density at radius 3 is 2.44 bits per heavy atom. The first-order chi connectivity index (χ1) is 7.68. The van der Waals surface area contributed by atoms with Crippen LogP contribution < -0.4 is 0 Å². The second kappa shape index (κ2) is 6.56. The van der Waals surface area contributed by atoms with Gasteiger partial charge in [-0.25, -0.2) is 4.79 Å². The second-order valence-electron chi connectivity index (χ2n) is 3.48. The Morgan fingerprint density at radius 1 is 1.12 bits per heavy atom. The minimum atomic E-state index is -1.09. The third-order valence-corrected chi connectivity index (χ3v) is 2.14. The average Bonchev–Trinajstić information content (AvgIpc) is 2.28. The molecule has 0 atom stereocenters. The van der Waals surface area contributed by atoms with Crippen LogP contribution in [0.1, 0.15) is 18.4 Å². The van der Waals surface area contributed by atoms with Gasteiger partial charge in [-0.15, -0.1) is 0 Å². The summed E-state index contributed by atoms with van der Waals surface area (Å²) in [6.45, 7) is 0. The highest BCUT2D eigenvalue weighted by atomic mass is 16.4. The minimum Gasteiger partial charge on any atom is -0.478 e. The Kier molecular flexibility index (Phi) is 4.99. The molecule has 84 valence electrons. The molecule has 0 spiro atoms. The number of ketones is 1. The van der Waals surface area contributed by atoms with E-state index in [0.29, 0.717) is 6.42 Å². The van der Waals surface area contributed by atoms with E-state index in [9.17, 15) is 9.59 Å². The number of rotatable bonds is 6. The highest BCUT2D eigenvalue weighted by Crippen LogP contribution is 2.04. The highest BCUT2D eigenvalue weighted by Gasteiger charge is 1.98. The average molecular weight is 218 g/mol. The molecular weight excluding hydrogens is 204 g/mol. The first-order valence-corrected chi connectivity index (χ1v) is 5.16. The number of aryl methyl sites for hydroxylation is 1. The summed E-state index contributed by atoms with van der Waals surface area (Å²) in [4.78, 5) is 21.3. The number of carbonyl (C=O) groups is 2. The van der Waals surface area contributed by atoms with Crippen molar-refractivity contribution >= 4 is 11.8 Å². The van der Waals surface area contributed by atoms with Gasteiger partial charge < -0.3 is 5.11 Å². The van der Waals surface area contributed by atoms with E-state index in [0.717, 1.165) is 25.0 Å². The zero-order valence-corrected chi connectivity index (χ0v) is 8.93. The fourth-order valence-corrected chi connectivity index (χ4v) is 1.36. The minimum absolute atomic E-state index is 0.140. The molecule has 1 aromatic rings. The van der Waals surface area contributed by atoms with Crippen LogP contribution >= 0.6 is 0 Å². The van der Waals surface area contributed by atoms with Gasteiger partial charge in [-0.2, -0.15) is 0 Å². The lowest BCUT2D eigenvalue weighted by molar-refractivity contribution is -0.131. The van der Waals surface area contributed by atoms with E-state index in [4.69, 9.17) is 5.11 Å². The number of allylic oxidation sites excluding steroid dienone is 1. The van der Waals surface area contributed by atoms with Gasteiger partial charge in [0.15, 0.2) is 5.78 Å². The maximum atomic E-state index is 11.2. The van der Waals surface area contributed by atoms with Gasteiger partial charge in [0.25, 0.3) is 0 Å². The molecule has 0 fully saturated rings. The standard InChI is InChI=1S/C13H14O3/c14-12(9-10-13(15)16)8-4-7-11-5-2-1-3-6-11/h1-3,5-6,9-10H,4,7-8H2,(H,15,16)/b10-9+. The van der Waals surface area contributed by atoms with E-state index in [2.05, 4.69) is 0 Å². The van der Waals surface area contributed by atoms with Gasteiger partial charge in [0.05, 0.1) is 0 Å². The molecule has 0 aliphatic carbocycles. The summed E-state index contributed by atoms with van der Waals surface area (Å²) in [5.74, 6) is -1.23. The molecule has 16 heavy (non-hydrogen) atoms. The lowest BCUT2D eigenvalue weighted by atomic mass is 10.1. The monoisotopic (exact) mass is 218 g/mol. The lowest BCUT2D eigenvalue weighted by Gasteiger charge is -1.98. The Balaban J connectivity index is 2.26. The summed E-state index contributed by atoms with van der Waals surface area (Å²) in [5, 5.41) is 8.33. The molecule has 0 bridgehead atoms. The zero-order chi connectivity index (χ0) is 11.8.